The summed E-state index contributed by atoms with van der Waals surface area (Å²) in [6.45, 7) is 6.17. The predicted octanol–water partition coefficient (Wildman–Crippen LogP) is 1.62. The second kappa shape index (κ2) is 7.99. The van der Waals surface area contributed by atoms with Gasteiger partial charge in [-0.05, 0) is 37.7 Å². The SMILES string of the molecule is CSCCC(C)NC(=O)[C@@H](N)CC(C)C. The van der Waals surface area contributed by atoms with Crippen molar-refractivity contribution >= 4 is 17.7 Å². The quantitative estimate of drug-likeness (QED) is 0.701. The minimum atomic E-state index is -0.360. The summed E-state index contributed by atoms with van der Waals surface area (Å²) in [5.74, 6) is 1.52. The predicted molar refractivity (Wildman–Crippen MR) is 68.0 cm³/mol. The Morgan fingerprint density at radius 2 is 2.00 bits per heavy atom. The second-order valence-corrected chi connectivity index (χ2v) is 5.41. The molecule has 0 fully saturated rings. The van der Waals surface area contributed by atoms with E-state index in [1.165, 1.54) is 0 Å². The molecule has 1 amide bonds. The molecule has 0 bridgehead atoms. The first-order chi connectivity index (χ1) is 6.97. The van der Waals surface area contributed by atoms with E-state index in [4.69, 9.17) is 5.73 Å². The number of nitrogens with one attached hydrogen (secondary N) is 1. The molecule has 0 aliphatic carbocycles. The molecule has 1 unspecified atom stereocenters. The highest BCUT2D eigenvalue weighted by molar-refractivity contribution is 7.98. The van der Waals surface area contributed by atoms with Crippen LogP contribution in [0.3, 0.4) is 0 Å². The summed E-state index contributed by atoms with van der Waals surface area (Å²) < 4.78 is 0. The number of carbonyl (C=O) groups is 1. The van der Waals surface area contributed by atoms with Crippen LogP contribution in [0.25, 0.3) is 0 Å². The first-order valence-electron chi connectivity index (χ1n) is 5.52. The molecule has 90 valence electrons. The highest BCUT2D eigenvalue weighted by atomic mass is 32.2. The third-order valence-corrected chi connectivity index (χ3v) is 2.85. The molecule has 0 heterocycles. The molecular formula is C11H24N2OS. The van der Waals surface area contributed by atoms with Gasteiger partial charge in [-0.2, -0.15) is 11.8 Å². The first kappa shape index (κ1) is 14.8. The molecule has 2 atom stereocenters. The molecule has 0 aromatic carbocycles. The zero-order valence-corrected chi connectivity index (χ0v) is 11.1. The normalized spacial score (nSPS) is 15.1. The lowest BCUT2D eigenvalue weighted by Crippen LogP contribution is -2.45. The van der Waals surface area contributed by atoms with Crippen molar-refractivity contribution in [1.82, 2.24) is 5.32 Å². The lowest BCUT2D eigenvalue weighted by Gasteiger charge is -2.18. The lowest BCUT2D eigenvalue weighted by atomic mass is 10.0. The fraction of sp³-hybridized carbons (Fsp3) is 0.909. The summed E-state index contributed by atoms with van der Waals surface area (Å²) in [6.07, 6.45) is 3.82. The summed E-state index contributed by atoms with van der Waals surface area (Å²) in [6, 6.07) is -0.134. The number of rotatable bonds is 7. The van der Waals surface area contributed by atoms with E-state index in [2.05, 4.69) is 25.4 Å². The summed E-state index contributed by atoms with van der Waals surface area (Å²) in [4.78, 5) is 11.6. The second-order valence-electron chi connectivity index (χ2n) is 4.43. The van der Waals surface area contributed by atoms with Gasteiger partial charge in [-0.25, -0.2) is 0 Å². The van der Waals surface area contributed by atoms with Gasteiger partial charge < -0.3 is 11.1 Å². The zero-order chi connectivity index (χ0) is 11.8. The fourth-order valence-corrected chi connectivity index (χ4v) is 1.92. The third-order valence-electron chi connectivity index (χ3n) is 2.21. The van der Waals surface area contributed by atoms with Crippen LogP contribution in [0.15, 0.2) is 0 Å². The molecule has 0 radical (unpaired) electrons. The average Bonchev–Trinajstić information content (AvgIpc) is 2.13. The van der Waals surface area contributed by atoms with Gasteiger partial charge in [0.1, 0.15) is 0 Å². The van der Waals surface area contributed by atoms with E-state index in [1.807, 2.05) is 6.92 Å². The van der Waals surface area contributed by atoms with Crippen LogP contribution < -0.4 is 11.1 Å². The van der Waals surface area contributed by atoms with Gasteiger partial charge in [0, 0.05) is 6.04 Å². The van der Waals surface area contributed by atoms with Crippen LogP contribution in [0.2, 0.25) is 0 Å². The molecule has 3 nitrogen and oxygen atoms in total. The maximum atomic E-state index is 11.6. The fourth-order valence-electron chi connectivity index (χ4n) is 1.33. The van der Waals surface area contributed by atoms with Crippen LogP contribution in [0.4, 0.5) is 0 Å². The Morgan fingerprint density at radius 3 is 2.47 bits per heavy atom. The molecular weight excluding hydrogens is 208 g/mol. The zero-order valence-electron chi connectivity index (χ0n) is 10.2. The summed E-state index contributed by atoms with van der Waals surface area (Å²) >= 11 is 1.79. The Morgan fingerprint density at radius 1 is 1.40 bits per heavy atom. The number of amides is 1. The van der Waals surface area contributed by atoms with Crippen LogP contribution in [0.1, 0.15) is 33.6 Å². The van der Waals surface area contributed by atoms with E-state index < -0.39 is 0 Å². The summed E-state index contributed by atoms with van der Waals surface area (Å²) in [5, 5.41) is 2.94. The molecule has 0 saturated carbocycles. The highest BCUT2D eigenvalue weighted by Gasteiger charge is 2.16. The van der Waals surface area contributed by atoms with Gasteiger partial charge in [-0.1, -0.05) is 13.8 Å². The molecule has 3 N–H and O–H groups in total. The van der Waals surface area contributed by atoms with Crippen LogP contribution in [0.5, 0.6) is 0 Å². The van der Waals surface area contributed by atoms with Gasteiger partial charge in [-0.15, -0.1) is 0 Å². The smallest absolute Gasteiger partial charge is 0.237 e. The van der Waals surface area contributed by atoms with Gasteiger partial charge >= 0.3 is 0 Å². The Labute approximate surface area is 97.6 Å². The Hall–Kier alpha value is -0.220. The lowest BCUT2D eigenvalue weighted by molar-refractivity contribution is -0.123. The van der Waals surface area contributed by atoms with Crippen molar-refractivity contribution in [2.24, 2.45) is 11.7 Å². The van der Waals surface area contributed by atoms with Crippen molar-refractivity contribution in [3.8, 4) is 0 Å². The molecule has 0 aromatic rings. The van der Waals surface area contributed by atoms with Gasteiger partial charge in [0.05, 0.1) is 6.04 Å². The summed E-state index contributed by atoms with van der Waals surface area (Å²) in [5.41, 5.74) is 5.78. The first-order valence-corrected chi connectivity index (χ1v) is 6.91. The van der Waals surface area contributed by atoms with Crippen molar-refractivity contribution < 1.29 is 4.79 Å². The highest BCUT2D eigenvalue weighted by Crippen LogP contribution is 2.04. The molecule has 4 heteroatoms. The van der Waals surface area contributed by atoms with E-state index in [-0.39, 0.29) is 18.0 Å². The standard InChI is InChI=1S/C11H24N2OS/c1-8(2)7-10(12)11(14)13-9(3)5-6-15-4/h8-10H,5-7,12H2,1-4H3,(H,13,14)/t9?,10-/m0/s1. The van der Waals surface area contributed by atoms with Gasteiger partial charge in [-0.3, -0.25) is 4.79 Å². The van der Waals surface area contributed by atoms with E-state index in [1.54, 1.807) is 11.8 Å². The monoisotopic (exact) mass is 232 g/mol. The maximum Gasteiger partial charge on any atom is 0.237 e. The van der Waals surface area contributed by atoms with Gasteiger partial charge in [0.15, 0.2) is 0 Å². The van der Waals surface area contributed by atoms with E-state index in [0.29, 0.717) is 5.92 Å². The van der Waals surface area contributed by atoms with Crippen LogP contribution >= 0.6 is 11.8 Å². The van der Waals surface area contributed by atoms with Crippen LogP contribution in [-0.2, 0) is 4.79 Å². The van der Waals surface area contributed by atoms with Gasteiger partial charge in [0.2, 0.25) is 5.91 Å². The molecule has 15 heavy (non-hydrogen) atoms. The van der Waals surface area contributed by atoms with Crippen molar-refractivity contribution in [3.63, 3.8) is 0 Å². The molecule has 0 spiro atoms. The van der Waals surface area contributed by atoms with Crippen molar-refractivity contribution in [1.29, 1.82) is 0 Å². The Bertz CT molecular complexity index is 185. The number of thioether (sulfide) groups is 1. The van der Waals surface area contributed by atoms with Gasteiger partial charge in [0.25, 0.3) is 0 Å². The molecule has 0 rings (SSSR count). The largest absolute Gasteiger partial charge is 0.352 e. The van der Waals surface area contributed by atoms with Crippen LogP contribution in [0, 0.1) is 5.92 Å². The minimum Gasteiger partial charge on any atom is -0.352 e. The topological polar surface area (TPSA) is 55.1 Å². The molecule has 0 aliphatic rings. The minimum absolute atomic E-state index is 0.0164. The van der Waals surface area contributed by atoms with E-state index >= 15 is 0 Å². The Balaban J connectivity index is 3.80. The summed E-state index contributed by atoms with van der Waals surface area (Å²) in [7, 11) is 0. The van der Waals surface area contributed by atoms with E-state index in [9.17, 15) is 4.79 Å². The van der Waals surface area contributed by atoms with Crippen molar-refractivity contribution in [3.05, 3.63) is 0 Å². The average molecular weight is 232 g/mol. The van der Waals surface area contributed by atoms with Crippen molar-refractivity contribution in [2.75, 3.05) is 12.0 Å². The van der Waals surface area contributed by atoms with Crippen molar-refractivity contribution in [2.45, 2.75) is 45.7 Å². The van der Waals surface area contributed by atoms with Crippen LogP contribution in [-0.4, -0.2) is 30.0 Å². The van der Waals surface area contributed by atoms with E-state index in [0.717, 1.165) is 18.6 Å². The number of carbonyl (C=O) groups excluding carboxylic acids is 1. The molecule has 0 saturated heterocycles. The number of hydrogen-bond donors (Lipinski definition) is 2. The Kier molecular flexibility index (Phi) is 7.88. The third kappa shape index (κ3) is 7.68. The number of nitrogens with two attached hydrogens (primary N) is 1. The molecule has 0 aliphatic heterocycles. The maximum absolute atomic E-state index is 11.6. The molecule has 0 aromatic heterocycles. The number of hydrogen-bond acceptors (Lipinski definition) is 3.